The van der Waals surface area contributed by atoms with E-state index in [2.05, 4.69) is 15.3 Å². The summed E-state index contributed by atoms with van der Waals surface area (Å²) in [6, 6.07) is 11.9. The molecule has 1 aliphatic heterocycles. The monoisotopic (exact) mass is 467 g/mol. The summed E-state index contributed by atoms with van der Waals surface area (Å²) in [5.74, 6) is 0.283. The largest absolute Gasteiger partial charge is 0.416 e. The fourth-order valence-corrected chi connectivity index (χ4v) is 3.98. The Kier molecular flexibility index (Phi) is 5.45. The third kappa shape index (κ3) is 4.32. The number of β-amino-alcohol motifs (C(OH)–C–C–N with tert-alkyl or cyclic N) is 1. The summed E-state index contributed by atoms with van der Waals surface area (Å²) in [5.41, 5.74) is 1.12. The van der Waals surface area contributed by atoms with Crippen LogP contribution in [0.1, 0.15) is 21.6 Å². The van der Waals surface area contributed by atoms with Gasteiger partial charge in [-0.25, -0.2) is 4.98 Å². The van der Waals surface area contributed by atoms with Crippen LogP contribution >= 0.6 is 0 Å². The fourth-order valence-electron chi connectivity index (χ4n) is 3.98. The van der Waals surface area contributed by atoms with Gasteiger partial charge < -0.3 is 19.9 Å². The van der Waals surface area contributed by atoms with E-state index >= 15 is 0 Å². The van der Waals surface area contributed by atoms with Crippen LogP contribution in [0.4, 0.5) is 24.7 Å². The van der Waals surface area contributed by atoms with Crippen molar-refractivity contribution in [2.75, 3.05) is 23.3 Å². The molecule has 3 aromatic heterocycles. The first-order valence-corrected chi connectivity index (χ1v) is 10.6. The molecule has 0 radical (unpaired) electrons. The topological polar surface area (TPSA) is 83.3 Å². The van der Waals surface area contributed by atoms with Crippen LogP contribution in [0.15, 0.2) is 67.1 Å². The Bertz CT molecular complexity index is 1340. The van der Waals surface area contributed by atoms with E-state index in [9.17, 15) is 23.1 Å². The second kappa shape index (κ2) is 8.45. The molecule has 0 bridgehead atoms. The van der Waals surface area contributed by atoms with Crippen molar-refractivity contribution in [3.63, 3.8) is 0 Å². The molecule has 5 rings (SSSR count). The molecular formula is C24H20F3N5O2. The van der Waals surface area contributed by atoms with Crippen LogP contribution in [0.25, 0.3) is 10.9 Å². The van der Waals surface area contributed by atoms with E-state index in [0.717, 1.165) is 12.1 Å². The number of aliphatic hydroxyl groups is 1. The maximum atomic E-state index is 13.2. The van der Waals surface area contributed by atoms with Crippen LogP contribution in [0, 0.1) is 0 Å². The average Bonchev–Trinajstić information content (AvgIpc) is 3.16. The molecule has 1 saturated heterocycles. The molecule has 10 heteroatoms. The first kappa shape index (κ1) is 21.9. The number of nitrogens with one attached hydrogen (secondary N) is 1. The van der Waals surface area contributed by atoms with Gasteiger partial charge in [0.2, 0.25) is 0 Å². The molecule has 4 heterocycles. The minimum atomic E-state index is -4.45. The number of alkyl halides is 3. The molecule has 1 amide bonds. The first-order chi connectivity index (χ1) is 16.3. The van der Waals surface area contributed by atoms with Crippen LogP contribution in [0.5, 0.6) is 0 Å². The van der Waals surface area contributed by atoms with Gasteiger partial charge in [-0.15, -0.1) is 0 Å². The van der Waals surface area contributed by atoms with Crippen LogP contribution in [-0.2, 0) is 12.7 Å². The van der Waals surface area contributed by atoms with Gasteiger partial charge in [0, 0.05) is 37.4 Å². The number of rotatable bonds is 5. The highest BCUT2D eigenvalue weighted by molar-refractivity contribution is 6.06. The number of carbonyl (C=O) groups excluding carboxylic acids is 1. The summed E-state index contributed by atoms with van der Waals surface area (Å²) >= 11 is 0. The SMILES string of the molecule is O=C(Nc1ccc(N2CC(O)C2)nc1)c1cc2cnccc2n1Cc1cccc(C(F)(F)F)c1. The van der Waals surface area contributed by atoms with Crippen LogP contribution in [-0.4, -0.2) is 44.7 Å². The third-order valence-corrected chi connectivity index (χ3v) is 5.72. The van der Waals surface area contributed by atoms with Crippen LogP contribution in [0.3, 0.4) is 0 Å². The number of hydrogen-bond donors (Lipinski definition) is 2. The van der Waals surface area contributed by atoms with E-state index in [-0.39, 0.29) is 18.3 Å². The molecule has 174 valence electrons. The number of aliphatic hydroxyl groups excluding tert-OH is 1. The van der Waals surface area contributed by atoms with Gasteiger partial charge in [-0.3, -0.25) is 9.78 Å². The second-order valence-corrected chi connectivity index (χ2v) is 8.17. The normalized spacial score (nSPS) is 14.3. The van der Waals surface area contributed by atoms with Crippen molar-refractivity contribution < 1.29 is 23.1 Å². The minimum Gasteiger partial charge on any atom is -0.389 e. The average molecular weight is 467 g/mol. The van der Waals surface area contributed by atoms with Crippen molar-refractivity contribution in [1.29, 1.82) is 0 Å². The third-order valence-electron chi connectivity index (χ3n) is 5.72. The number of anilines is 2. The molecule has 2 N–H and O–H groups in total. The Morgan fingerprint density at radius 1 is 1.12 bits per heavy atom. The van der Waals surface area contributed by atoms with Gasteiger partial charge in [0.05, 0.1) is 29.1 Å². The maximum Gasteiger partial charge on any atom is 0.416 e. The van der Waals surface area contributed by atoms with Crippen LogP contribution in [0.2, 0.25) is 0 Å². The Morgan fingerprint density at radius 3 is 2.65 bits per heavy atom. The molecule has 0 atom stereocenters. The molecule has 7 nitrogen and oxygen atoms in total. The van der Waals surface area contributed by atoms with Gasteiger partial charge in [0.1, 0.15) is 11.5 Å². The summed E-state index contributed by atoms with van der Waals surface area (Å²) in [6.45, 7) is 1.11. The lowest BCUT2D eigenvalue weighted by atomic mass is 10.1. The predicted octanol–water partition coefficient (Wildman–Crippen LogP) is 3.93. The number of amides is 1. The van der Waals surface area contributed by atoms with Crippen molar-refractivity contribution >= 4 is 28.3 Å². The lowest BCUT2D eigenvalue weighted by molar-refractivity contribution is -0.137. The smallest absolute Gasteiger partial charge is 0.389 e. The quantitative estimate of drug-likeness (QED) is 0.465. The van der Waals surface area contributed by atoms with E-state index in [1.807, 2.05) is 4.90 Å². The molecule has 0 unspecified atom stereocenters. The summed E-state index contributed by atoms with van der Waals surface area (Å²) in [7, 11) is 0. The molecule has 1 aromatic carbocycles. The van der Waals surface area contributed by atoms with Gasteiger partial charge in [-0.1, -0.05) is 12.1 Å². The van der Waals surface area contributed by atoms with Gasteiger partial charge in [-0.05, 0) is 42.0 Å². The summed E-state index contributed by atoms with van der Waals surface area (Å²) in [6.07, 6.45) is -0.102. The minimum absolute atomic E-state index is 0.0780. The highest BCUT2D eigenvalue weighted by atomic mass is 19.4. The van der Waals surface area contributed by atoms with Crippen molar-refractivity contribution in [2.45, 2.75) is 18.8 Å². The number of pyridine rings is 2. The summed E-state index contributed by atoms with van der Waals surface area (Å²) in [5, 5.41) is 12.9. The number of nitrogens with zero attached hydrogens (tertiary/aromatic N) is 4. The standard InChI is InChI=1S/C24H20F3N5O2/c25-24(26,27)17-3-1-2-15(8-17)12-32-20-6-7-28-10-16(20)9-21(32)23(34)30-18-4-5-22(29-11-18)31-13-19(33)14-31/h1-11,19,33H,12-14H2,(H,30,34). The molecule has 34 heavy (non-hydrogen) atoms. The zero-order valence-electron chi connectivity index (χ0n) is 17.8. The van der Waals surface area contributed by atoms with Crippen molar-refractivity contribution in [1.82, 2.24) is 14.5 Å². The Labute approximate surface area is 192 Å². The van der Waals surface area contributed by atoms with Crippen molar-refractivity contribution in [2.24, 2.45) is 0 Å². The van der Waals surface area contributed by atoms with Crippen LogP contribution < -0.4 is 10.2 Å². The number of benzene rings is 1. The maximum absolute atomic E-state index is 13.2. The van der Waals surface area contributed by atoms with E-state index < -0.39 is 17.6 Å². The molecular weight excluding hydrogens is 447 g/mol. The Hall–Kier alpha value is -3.92. The van der Waals surface area contributed by atoms with E-state index in [1.165, 1.54) is 12.3 Å². The van der Waals surface area contributed by atoms with Gasteiger partial charge in [-0.2, -0.15) is 13.2 Å². The lowest BCUT2D eigenvalue weighted by Gasteiger charge is -2.36. The highest BCUT2D eigenvalue weighted by Gasteiger charge is 2.30. The zero-order valence-corrected chi connectivity index (χ0v) is 17.8. The van der Waals surface area contributed by atoms with E-state index in [4.69, 9.17) is 0 Å². The van der Waals surface area contributed by atoms with Gasteiger partial charge in [0.15, 0.2) is 0 Å². The Balaban J connectivity index is 1.42. The molecule has 0 aliphatic carbocycles. The summed E-state index contributed by atoms with van der Waals surface area (Å²) in [4.78, 5) is 23.5. The van der Waals surface area contributed by atoms with E-state index in [0.29, 0.717) is 41.1 Å². The fraction of sp³-hybridized carbons (Fsp3) is 0.208. The van der Waals surface area contributed by atoms with Gasteiger partial charge in [0.25, 0.3) is 5.91 Å². The lowest BCUT2D eigenvalue weighted by Crippen LogP contribution is -2.51. The Morgan fingerprint density at radius 2 is 1.94 bits per heavy atom. The second-order valence-electron chi connectivity index (χ2n) is 8.17. The molecule has 1 aliphatic rings. The van der Waals surface area contributed by atoms with Gasteiger partial charge >= 0.3 is 6.18 Å². The molecule has 4 aromatic rings. The highest BCUT2D eigenvalue weighted by Crippen LogP contribution is 2.30. The van der Waals surface area contributed by atoms with Crippen molar-refractivity contribution in [3.05, 3.63) is 83.9 Å². The number of halogens is 3. The number of hydrogen-bond acceptors (Lipinski definition) is 5. The van der Waals surface area contributed by atoms with Crippen molar-refractivity contribution in [3.8, 4) is 0 Å². The molecule has 1 fully saturated rings. The first-order valence-electron chi connectivity index (χ1n) is 10.6. The van der Waals surface area contributed by atoms with E-state index in [1.54, 1.807) is 47.3 Å². The number of aromatic nitrogens is 3. The molecule has 0 saturated carbocycles. The summed E-state index contributed by atoms with van der Waals surface area (Å²) < 4.78 is 41.2. The number of fused-ring (bicyclic) bond motifs is 1. The number of carbonyl (C=O) groups is 1. The zero-order chi connectivity index (χ0) is 23.9. The molecule has 0 spiro atoms. The predicted molar refractivity (Wildman–Crippen MR) is 121 cm³/mol.